The van der Waals surface area contributed by atoms with Gasteiger partial charge < -0.3 is 14.8 Å². The molecule has 5 nitrogen and oxygen atoms in total. The highest BCUT2D eigenvalue weighted by Crippen LogP contribution is 2.57. The van der Waals surface area contributed by atoms with Crippen LogP contribution in [-0.2, 0) is 14.3 Å². The summed E-state index contributed by atoms with van der Waals surface area (Å²) < 4.78 is 11.2. The van der Waals surface area contributed by atoms with Crippen LogP contribution in [0.15, 0.2) is 54.6 Å². The number of benzene rings is 2. The number of nitrogens with one attached hydrogen (secondary N) is 1. The van der Waals surface area contributed by atoms with Crippen molar-refractivity contribution < 1.29 is 19.1 Å². The zero-order valence-electron chi connectivity index (χ0n) is 14.1. The third kappa shape index (κ3) is 2.46. The minimum Gasteiger partial charge on any atom is -0.462 e. The summed E-state index contributed by atoms with van der Waals surface area (Å²) in [4.78, 5) is 24.8. The maximum absolute atomic E-state index is 12.8. The smallest absolute Gasteiger partial charge is 0.310 e. The van der Waals surface area contributed by atoms with Gasteiger partial charge in [0.2, 0.25) is 5.91 Å². The van der Waals surface area contributed by atoms with E-state index in [4.69, 9.17) is 9.47 Å². The SMILES string of the molecule is O=C(Nc1ccc(Oc2ccccc2)cc1)[C@@H]1[C@H]2C[C@H]3[C@H]1C(=O)O[C@H]3C2. The molecule has 132 valence electrons. The van der Waals surface area contributed by atoms with Crippen molar-refractivity contribution in [3.8, 4) is 11.5 Å². The lowest BCUT2D eigenvalue weighted by atomic mass is 9.79. The van der Waals surface area contributed by atoms with E-state index in [9.17, 15) is 9.59 Å². The largest absolute Gasteiger partial charge is 0.462 e. The van der Waals surface area contributed by atoms with Gasteiger partial charge in [0.15, 0.2) is 0 Å². The van der Waals surface area contributed by atoms with Gasteiger partial charge in [-0.05, 0) is 55.2 Å². The molecule has 0 spiro atoms. The molecule has 0 unspecified atom stereocenters. The molecular formula is C21H19NO4. The summed E-state index contributed by atoms with van der Waals surface area (Å²) in [6.07, 6.45) is 1.81. The predicted octanol–water partition coefficient (Wildman–Crippen LogP) is 3.62. The summed E-state index contributed by atoms with van der Waals surface area (Å²) in [7, 11) is 0. The quantitative estimate of drug-likeness (QED) is 0.857. The lowest BCUT2D eigenvalue weighted by Crippen LogP contribution is -2.35. The van der Waals surface area contributed by atoms with Crippen molar-refractivity contribution in [2.24, 2.45) is 23.7 Å². The Bertz CT molecular complexity index is 846. The van der Waals surface area contributed by atoms with Crippen molar-refractivity contribution in [1.82, 2.24) is 0 Å². The van der Waals surface area contributed by atoms with Crippen LogP contribution in [0.1, 0.15) is 12.8 Å². The maximum Gasteiger partial charge on any atom is 0.310 e. The van der Waals surface area contributed by atoms with Gasteiger partial charge in [-0.15, -0.1) is 0 Å². The van der Waals surface area contributed by atoms with Gasteiger partial charge in [0.1, 0.15) is 17.6 Å². The van der Waals surface area contributed by atoms with Crippen LogP contribution in [0.4, 0.5) is 5.69 Å². The Morgan fingerprint density at radius 1 is 1.00 bits per heavy atom. The van der Waals surface area contributed by atoms with Crippen molar-refractivity contribution >= 4 is 17.6 Å². The Hall–Kier alpha value is -2.82. The standard InChI is InChI=1S/C21H19NO4/c23-20(18-12-10-16-17(11-12)26-21(24)19(16)18)22-13-6-8-15(9-7-13)25-14-4-2-1-3-5-14/h1-9,12,16-19H,10-11H2,(H,22,23)/t12-,16+,17-,18+,19+/m0/s1. The highest BCUT2D eigenvalue weighted by atomic mass is 16.6. The first-order chi connectivity index (χ1) is 12.7. The molecule has 26 heavy (non-hydrogen) atoms. The molecule has 5 heteroatoms. The second-order valence-electron chi connectivity index (χ2n) is 7.35. The van der Waals surface area contributed by atoms with Crippen LogP contribution in [-0.4, -0.2) is 18.0 Å². The van der Waals surface area contributed by atoms with Gasteiger partial charge in [-0.3, -0.25) is 9.59 Å². The van der Waals surface area contributed by atoms with Gasteiger partial charge in [-0.25, -0.2) is 0 Å². The van der Waals surface area contributed by atoms with E-state index in [0.717, 1.165) is 18.6 Å². The van der Waals surface area contributed by atoms with Crippen molar-refractivity contribution in [2.75, 3.05) is 5.32 Å². The second kappa shape index (κ2) is 5.87. The van der Waals surface area contributed by atoms with E-state index in [0.29, 0.717) is 11.4 Å². The molecule has 3 aliphatic rings. The molecule has 0 radical (unpaired) electrons. The molecule has 2 aromatic rings. The normalized spacial score (nSPS) is 30.9. The van der Waals surface area contributed by atoms with Crippen LogP contribution in [0.3, 0.4) is 0 Å². The summed E-state index contributed by atoms with van der Waals surface area (Å²) in [6.45, 7) is 0. The van der Waals surface area contributed by atoms with E-state index >= 15 is 0 Å². The van der Waals surface area contributed by atoms with Crippen LogP contribution in [0, 0.1) is 23.7 Å². The number of hydrogen-bond donors (Lipinski definition) is 1. The zero-order chi connectivity index (χ0) is 17.7. The van der Waals surface area contributed by atoms with E-state index in [1.54, 1.807) is 0 Å². The molecule has 1 N–H and O–H groups in total. The summed E-state index contributed by atoms with van der Waals surface area (Å²) in [5.74, 6) is 1.21. The Kier molecular flexibility index (Phi) is 3.48. The number of carbonyl (C=O) groups is 2. The average molecular weight is 349 g/mol. The minimum absolute atomic E-state index is 0.0518. The molecule has 1 heterocycles. The monoisotopic (exact) mass is 349 g/mol. The van der Waals surface area contributed by atoms with Gasteiger partial charge in [-0.1, -0.05) is 18.2 Å². The second-order valence-corrected chi connectivity index (χ2v) is 7.35. The number of amides is 1. The first-order valence-electron chi connectivity index (χ1n) is 9.03. The topological polar surface area (TPSA) is 64.6 Å². The minimum atomic E-state index is -0.258. The van der Waals surface area contributed by atoms with Crippen LogP contribution in [0.2, 0.25) is 0 Å². The number of hydrogen-bond acceptors (Lipinski definition) is 4. The molecule has 1 amide bonds. The molecule has 2 aliphatic carbocycles. The highest BCUT2D eigenvalue weighted by molar-refractivity contribution is 5.97. The fourth-order valence-electron chi connectivity index (χ4n) is 4.82. The molecular weight excluding hydrogens is 330 g/mol. The Morgan fingerprint density at radius 2 is 1.73 bits per heavy atom. The van der Waals surface area contributed by atoms with E-state index in [1.165, 1.54) is 0 Å². The van der Waals surface area contributed by atoms with E-state index in [1.807, 2.05) is 54.6 Å². The van der Waals surface area contributed by atoms with Crippen LogP contribution in [0.5, 0.6) is 11.5 Å². The number of rotatable bonds is 4. The molecule has 1 saturated heterocycles. The molecule has 5 atom stereocenters. The van der Waals surface area contributed by atoms with Gasteiger partial charge in [0.25, 0.3) is 0 Å². The summed E-state index contributed by atoms with van der Waals surface area (Å²) in [5.41, 5.74) is 0.709. The van der Waals surface area contributed by atoms with Crippen molar-refractivity contribution in [1.29, 1.82) is 0 Å². The van der Waals surface area contributed by atoms with Gasteiger partial charge in [0, 0.05) is 11.6 Å². The number of fused-ring (bicyclic) bond motifs is 1. The van der Waals surface area contributed by atoms with Crippen molar-refractivity contribution in [3.63, 3.8) is 0 Å². The number of ether oxygens (including phenoxy) is 2. The fourth-order valence-corrected chi connectivity index (χ4v) is 4.82. The van der Waals surface area contributed by atoms with Crippen LogP contribution < -0.4 is 10.1 Å². The van der Waals surface area contributed by atoms with E-state index in [-0.39, 0.29) is 41.7 Å². The van der Waals surface area contributed by atoms with E-state index < -0.39 is 0 Å². The van der Waals surface area contributed by atoms with Gasteiger partial charge in [-0.2, -0.15) is 0 Å². The summed E-state index contributed by atoms with van der Waals surface area (Å²) >= 11 is 0. The molecule has 2 saturated carbocycles. The van der Waals surface area contributed by atoms with Crippen molar-refractivity contribution in [2.45, 2.75) is 18.9 Å². The summed E-state index contributed by atoms with van der Waals surface area (Å²) in [6, 6.07) is 16.8. The number of carbonyl (C=O) groups excluding carboxylic acids is 2. The van der Waals surface area contributed by atoms with Crippen molar-refractivity contribution in [3.05, 3.63) is 54.6 Å². The molecule has 3 fully saturated rings. The average Bonchev–Trinajstić information content (AvgIpc) is 3.26. The third-order valence-electron chi connectivity index (χ3n) is 5.89. The van der Waals surface area contributed by atoms with Crippen LogP contribution >= 0.6 is 0 Å². The Morgan fingerprint density at radius 3 is 2.50 bits per heavy atom. The van der Waals surface area contributed by atoms with Gasteiger partial charge >= 0.3 is 5.97 Å². The molecule has 1 aliphatic heterocycles. The highest BCUT2D eigenvalue weighted by Gasteiger charge is 2.63. The number of anilines is 1. The summed E-state index contributed by atoms with van der Waals surface area (Å²) in [5, 5.41) is 2.96. The fraction of sp³-hybridized carbons (Fsp3) is 0.333. The van der Waals surface area contributed by atoms with E-state index in [2.05, 4.69) is 5.32 Å². The van der Waals surface area contributed by atoms with Crippen LogP contribution in [0.25, 0.3) is 0 Å². The molecule has 0 aromatic heterocycles. The molecule has 5 rings (SSSR count). The first-order valence-corrected chi connectivity index (χ1v) is 9.03. The lowest BCUT2D eigenvalue weighted by molar-refractivity contribution is -0.145. The predicted molar refractivity (Wildman–Crippen MR) is 94.7 cm³/mol. The lowest BCUT2D eigenvalue weighted by Gasteiger charge is -2.23. The third-order valence-corrected chi connectivity index (χ3v) is 5.89. The molecule has 2 aromatic carbocycles. The Labute approximate surface area is 151 Å². The first kappa shape index (κ1) is 15.4. The Balaban J connectivity index is 1.27. The number of para-hydroxylation sites is 1. The van der Waals surface area contributed by atoms with Gasteiger partial charge in [0.05, 0.1) is 11.8 Å². The molecule has 2 bridgehead atoms. The zero-order valence-corrected chi connectivity index (χ0v) is 14.1. The number of esters is 1. The maximum atomic E-state index is 12.8.